The summed E-state index contributed by atoms with van der Waals surface area (Å²) in [6, 6.07) is 9.31. The Labute approximate surface area is 130 Å². The molecule has 0 spiro atoms. The summed E-state index contributed by atoms with van der Waals surface area (Å²) in [7, 11) is -1.37. The third-order valence-corrected chi connectivity index (χ3v) is 4.90. The summed E-state index contributed by atoms with van der Waals surface area (Å²) in [6.45, 7) is 11.6. The summed E-state index contributed by atoms with van der Waals surface area (Å²) in [4.78, 5) is 15.3. The van der Waals surface area contributed by atoms with Gasteiger partial charge in [0.15, 0.2) is 0 Å². The number of hydrogen-bond donors (Lipinski definition) is 0. The highest BCUT2D eigenvalue weighted by atomic mass is 32.2. The first kappa shape index (κ1) is 17.6. The Kier molecular flexibility index (Phi) is 6.82. The van der Waals surface area contributed by atoms with Crippen LogP contribution in [0.3, 0.4) is 0 Å². The van der Waals surface area contributed by atoms with Gasteiger partial charge in [-0.25, -0.2) is 0 Å². The Balaban J connectivity index is 3.08. The second-order valence-electron chi connectivity index (χ2n) is 5.56. The van der Waals surface area contributed by atoms with E-state index >= 15 is 0 Å². The van der Waals surface area contributed by atoms with Crippen LogP contribution in [0.4, 0.5) is 0 Å². The van der Waals surface area contributed by atoms with Crippen molar-refractivity contribution < 1.29 is 9.00 Å². The lowest BCUT2D eigenvalue weighted by molar-refractivity contribution is -0.134. The van der Waals surface area contributed by atoms with Gasteiger partial charge in [0.05, 0.1) is 10.8 Å². The summed E-state index contributed by atoms with van der Waals surface area (Å²) < 4.78 is 12.7. The topological polar surface area (TPSA) is 37.4 Å². The molecule has 2 unspecified atom stereocenters. The molecule has 1 aromatic carbocycles. The van der Waals surface area contributed by atoms with Gasteiger partial charge in [-0.15, -0.1) is 6.58 Å². The van der Waals surface area contributed by atoms with Gasteiger partial charge in [-0.3, -0.25) is 9.00 Å². The van der Waals surface area contributed by atoms with Crippen molar-refractivity contribution >= 4 is 16.7 Å². The molecule has 1 amide bonds. The number of allylic oxidation sites excluding steroid dienone is 1. The lowest BCUT2D eigenvalue weighted by atomic mass is 10.2. The Morgan fingerprint density at radius 3 is 2.14 bits per heavy atom. The van der Waals surface area contributed by atoms with E-state index in [4.69, 9.17) is 0 Å². The van der Waals surface area contributed by atoms with Crippen LogP contribution < -0.4 is 0 Å². The summed E-state index contributed by atoms with van der Waals surface area (Å²) >= 11 is 0. The van der Waals surface area contributed by atoms with Crippen molar-refractivity contribution in [2.24, 2.45) is 0 Å². The van der Waals surface area contributed by atoms with Gasteiger partial charge in [-0.05, 0) is 46.2 Å². The fourth-order valence-electron chi connectivity index (χ4n) is 2.42. The van der Waals surface area contributed by atoms with Gasteiger partial charge >= 0.3 is 0 Å². The first-order valence-corrected chi connectivity index (χ1v) is 8.50. The molecule has 0 saturated heterocycles. The van der Waals surface area contributed by atoms with Gasteiger partial charge in [0.2, 0.25) is 5.91 Å². The Hall–Kier alpha value is -1.42. The molecule has 0 aliphatic carbocycles. The van der Waals surface area contributed by atoms with Gasteiger partial charge in [0.25, 0.3) is 0 Å². The maximum Gasteiger partial charge on any atom is 0.239 e. The molecule has 0 radical (unpaired) electrons. The zero-order valence-corrected chi connectivity index (χ0v) is 14.1. The molecular weight excluding hydrogens is 282 g/mol. The van der Waals surface area contributed by atoms with Crippen LogP contribution in [0.5, 0.6) is 0 Å². The number of rotatable bonds is 7. The summed E-state index contributed by atoms with van der Waals surface area (Å²) in [5.41, 5.74) is 0. The highest BCUT2D eigenvalue weighted by Gasteiger charge is 2.31. The average molecular weight is 307 g/mol. The molecule has 0 aliphatic rings. The Morgan fingerprint density at radius 1 is 1.19 bits per heavy atom. The molecule has 0 saturated carbocycles. The van der Waals surface area contributed by atoms with E-state index in [0.29, 0.717) is 11.3 Å². The highest BCUT2D eigenvalue weighted by Crippen LogP contribution is 2.19. The van der Waals surface area contributed by atoms with E-state index in [1.165, 1.54) is 0 Å². The van der Waals surface area contributed by atoms with Gasteiger partial charge in [-0.2, -0.15) is 0 Å². The van der Waals surface area contributed by atoms with E-state index in [1.807, 2.05) is 45.9 Å². The molecule has 0 fully saturated rings. The minimum Gasteiger partial charge on any atom is -0.337 e. The molecule has 2 atom stereocenters. The number of benzene rings is 1. The summed E-state index contributed by atoms with van der Waals surface area (Å²) in [5.74, 6) is -0.0675. The standard InChI is InChI=1S/C17H25NO2S/c1-6-10-16(17(19)18(13(2)3)14(4)5)21(20)15-11-8-7-9-12-15/h6-9,11-14,16H,1,10H2,2-5H3. The number of carbonyl (C=O) groups excluding carboxylic acids is 1. The second kappa shape index (κ2) is 8.13. The monoisotopic (exact) mass is 307 g/mol. The van der Waals surface area contributed by atoms with Gasteiger partial charge in [-0.1, -0.05) is 24.3 Å². The van der Waals surface area contributed by atoms with Crippen molar-refractivity contribution in [3.8, 4) is 0 Å². The average Bonchev–Trinajstić information content (AvgIpc) is 2.44. The molecule has 0 aliphatic heterocycles. The predicted molar refractivity (Wildman–Crippen MR) is 88.6 cm³/mol. The molecule has 3 nitrogen and oxygen atoms in total. The number of nitrogens with zero attached hydrogens (tertiary/aromatic N) is 1. The third kappa shape index (κ3) is 4.53. The molecule has 0 heterocycles. The Morgan fingerprint density at radius 2 is 1.71 bits per heavy atom. The van der Waals surface area contributed by atoms with Crippen LogP contribution in [0.1, 0.15) is 34.1 Å². The van der Waals surface area contributed by atoms with Crippen molar-refractivity contribution in [2.75, 3.05) is 0 Å². The maximum absolute atomic E-state index is 12.8. The maximum atomic E-state index is 12.8. The van der Waals surface area contributed by atoms with E-state index in [2.05, 4.69) is 6.58 Å². The van der Waals surface area contributed by atoms with Crippen LogP contribution in [-0.4, -0.2) is 32.3 Å². The largest absolute Gasteiger partial charge is 0.337 e. The van der Waals surface area contributed by atoms with Crippen molar-refractivity contribution in [1.82, 2.24) is 4.90 Å². The highest BCUT2D eigenvalue weighted by molar-refractivity contribution is 7.86. The molecule has 0 N–H and O–H groups in total. The van der Waals surface area contributed by atoms with Crippen molar-refractivity contribution in [2.45, 2.75) is 56.3 Å². The molecule has 0 aromatic heterocycles. The van der Waals surface area contributed by atoms with Gasteiger partial charge in [0, 0.05) is 17.0 Å². The summed E-state index contributed by atoms with van der Waals surface area (Å²) in [6.07, 6.45) is 2.08. The van der Waals surface area contributed by atoms with Gasteiger partial charge < -0.3 is 4.90 Å². The number of hydrogen-bond acceptors (Lipinski definition) is 2. The molecule has 0 bridgehead atoms. The van der Waals surface area contributed by atoms with E-state index in [9.17, 15) is 9.00 Å². The zero-order chi connectivity index (χ0) is 16.0. The quantitative estimate of drug-likeness (QED) is 0.724. The van der Waals surface area contributed by atoms with Crippen LogP contribution in [0, 0.1) is 0 Å². The van der Waals surface area contributed by atoms with E-state index in [-0.39, 0.29) is 18.0 Å². The molecule has 21 heavy (non-hydrogen) atoms. The van der Waals surface area contributed by atoms with E-state index < -0.39 is 16.0 Å². The first-order chi connectivity index (χ1) is 9.90. The number of carbonyl (C=O) groups is 1. The molecular formula is C17H25NO2S. The van der Waals surface area contributed by atoms with E-state index in [0.717, 1.165) is 0 Å². The molecule has 116 valence electrons. The summed E-state index contributed by atoms with van der Waals surface area (Å²) in [5, 5.41) is -0.574. The molecule has 1 rings (SSSR count). The van der Waals surface area contributed by atoms with Crippen LogP contribution >= 0.6 is 0 Å². The lowest BCUT2D eigenvalue weighted by Gasteiger charge is -2.33. The van der Waals surface area contributed by atoms with Crippen molar-refractivity contribution in [3.05, 3.63) is 43.0 Å². The number of amides is 1. The fourth-order valence-corrected chi connectivity index (χ4v) is 3.79. The minimum atomic E-state index is -1.37. The smallest absolute Gasteiger partial charge is 0.239 e. The first-order valence-electron chi connectivity index (χ1n) is 7.28. The SMILES string of the molecule is C=CCC(C(=O)N(C(C)C)C(C)C)S(=O)c1ccccc1. The zero-order valence-electron chi connectivity index (χ0n) is 13.3. The lowest BCUT2D eigenvalue weighted by Crippen LogP contribution is -2.48. The van der Waals surface area contributed by atoms with Crippen molar-refractivity contribution in [3.63, 3.8) is 0 Å². The van der Waals surface area contributed by atoms with Crippen LogP contribution in [0.15, 0.2) is 47.9 Å². The minimum absolute atomic E-state index is 0.0675. The molecule has 1 aromatic rings. The van der Waals surface area contributed by atoms with Crippen molar-refractivity contribution in [1.29, 1.82) is 0 Å². The van der Waals surface area contributed by atoms with Crippen LogP contribution in [0.25, 0.3) is 0 Å². The van der Waals surface area contributed by atoms with E-state index in [1.54, 1.807) is 23.1 Å². The van der Waals surface area contributed by atoms with Gasteiger partial charge in [0.1, 0.15) is 5.25 Å². The Bertz CT molecular complexity index is 489. The molecule has 4 heteroatoms. The third-order valence-electron chi connectivity index (χ3n) is 3.26. The second-order valence-corrected chi connectivity index (χ2v) is 7.19. The fraction of sp³-hybridized carbons (Fsp3) is 0.471. The normalized spacial score (nSPS) is 14.0. The predicted octanol–water partition coefficient (Wildman–Crippen LogP) is 3.38. The van der Waals surface area contributed by atoms with Crippen LogP contribution in [0.2, 0.25) is 0 Å². The van der Waals surface area contributed by atoms with Crippen LogP contribution in [-0.2, 0) is 15.6 Å².